The monoisotopic (exact) mass is 446 g/mol. The fraction of sp³-hybridized carbons (Fsp3) is 0.250. The van der Waals surface area contributed by atoms with Gasteiger partial charge in [-0.25, -0.2) is 8.42 Å². The van der Waals surface area contributed by atoms with E-state index >= 15 is 0 Å². The number of anilines is 1. The van der Waals surface area contributed by atoms with Crippen molar-refractivity contribution in [2.24, 2.45) is 0 Å². The van der Waals surface area contributed by atoms with Crippen LogP contribution in [0.1, 0.15) is 17.3 Å². The molecule has 8 nitrogen and oxygen atoms in total. The van der Waals surface area contributed by atoms with E-state index < -0.39 is 10.0 Å². The molecule has 0 saturated carbocycles. The summed E-state index contributed by atoms with van der Waals surface area (Å²) in [6.07, 6.45) is 3.01. The van der Waals surface area contributed by atoms with Crippen LogP contribution in [-0.4, -0.2) is 55.0 Å². The van der Waals surface area contributed by atoms with Crippen LogP contribution in [0.25, 0.3) is 11.0 Å². The Hall–Kier alpha value is -2.75. The molecule has 2 aromatic carbocycles. The number of fused-ring (bicyclic) bond motifs is 1. The van der Waals surface area contributed by atoms with Gasteiger partial charge in [0.15, 0.2) is 0 Å². The van der Waals surface area contributed by atoms with Crippen molar-refractivity contribution in [3.63, 3.8) is 0 Å². The molecule has 1 atom stereocenters. The Morgan fingerprint density at radius 2 is 2.03 bits per heavy atom. The predicted molar refractivity (Wildman–Crippen MR) is 113 cm³/mol. The van der Waals surface area contributed by atoms with Gasteiger partial charge in [0.2, 0.25) is 0 Å². The molecule has 2 heterocycles. The summed E-state index contributed by atoms with van der Waals surface area (Å²) in [6, 6.07) is 9.04. The van der Waals surface area contributed by atoms with Gasteiger partial charge in [-0.3, -0.25) is 19.5 Å². The molecule has 10 heteroatoms. The smallest absolute Gasteiger partial charge is 0.262 e. The number of aromatic nitrogens is 2. The molecule has 3 aromatic rings. The minimum atomic E-state index is -4.14. The topological polar surface area (TPSA) is 101 Å². The average molecular weight is 447 g/mol. The Morgan fingerprint density at radius 3 is 2.83 bits per heavy atom. The summed E-state index contributed by atoms with van der Waals surface area (Å²) < 4.78 is 34.5. The third kappa shape index (κ3) is 3.96. The Morgan fingerprint density at radius 1 is 1.23 bits per heavy atom. The number of benzene rings is 2. The molecule has 0 spiro atoms. The van der Waals surface area contributed by atoms with E-state index in [1.807, 2.05) is 6.92 Å². The largest absolute Gasteiger partial charge is 0.377 e. The molecule has 156 valence electrons. The van der Waals surface area contributed by atoms with E-state index in [-0.39, 0.29) is 33.1 Å². The maximum absolute atomic E-state index is 13.3. The van der Waals surface area contributed by atoms with Crippen LogP contribution in [0.5, 0.6) is 0 Å². The Labute approximate surface area is 178 Å². The number of hydrogen-bond donors (Lipinski definition) is 1. The van der Waals surface area contributed by atoms with Gasteiger partial charge in [0.25, 0.3) is 15.9 Å². The van der Waals surface area contributed by atoms with Crippen molar-refractivity contribution in [1.29, 1.82) is 0 Å². The molecule has 30 heavy (non-hydrogen) atoms. The number of nitrogens with zero attached hydrogens (tertiary/aromatic N) is 3. The van der Waals surface area contributed by atoms with Crippen LogP contribution in [0.3, 0.4) is 0 Å². The van der Waals surface area contributed by atoms with Gasteiger partial charge in [0.05, 0.1) is 36.0 Å². The molecule has 0 unspecified atom stereocenters. The van der Waals surface area contributed by atoms with E-state index in [1.165, 1.54) is 30.6 Å². The van der Waals surface area contributed by atoms with E-state index in [9.17, 15) is 13.2 Å². The summed E-state index contributed by atoms with van der Waals surface area (Å²) in [5, 5.41) is 0.208. The van der Waals surface area contributed by atoms with E-state index in [4.69, 9.17) is 16.3 Å². The zero-order valence-electron chi connectivity index (χ0n) is 16.1. The van der Waals surface area contributed by atoms with Crippen LogP contribution in [0.15, 0.2) is 53.7 Å². The van der Waals surface area contributed by atoms with Gasteiger partial charge in [0, 0.05) is 24.0 Å². The number of carbonyl (C=O) groups excluding carboxylic acids is 1. The minimum absolute atomic E-state index is 0.0481. The van der Waals surface area contributed by atoms with Crippen LogP contribution >= 0.6 is 11.6 Å². The number of para-hydroxylation sites is 1. The molecular weight excluding hydrogens is 428 g/mol. The number of amides is 1. The maximum atomic E-state index is 13.3. The molecule has 1 aliphatic heterocycles. The number of morpholine rings is 1. The number of carbonyl (C=O) groups is 1. The van der Waals surface area contributed by atoms with Crippen molar-refractivity contribution in [3.05, 3.63) is 59.4 Å². The van der Waals surface area contributed by atoms with Crippen molar-refractivity contribution in [2.45, 2.75) is 17.9 Å². The van der Waals surface area contributed by atoms with E-state index in [0.717, 1.165) is 0 Å². The molecule has 0 radical (unpaired) electrons. The van der Waals surface area contributed by atoms with Gasteiger partial charge in [-0.2, -0.15) is 0 Å². The second-order valence-electron chi connectivity index (χ2n) is 6.90. The molecule has 1 aromatic heterocycles. The van der Waals surface area contributed by atoms with Gasteiger partial charge in [-0.1, -0.05) is 17.7 Å². The number of ether oxygens (including phenoxy) is 1. The van der Waals surface area contributed by atoms with Gasteiger partial charge < -0.3 is 9.64 Å². The third-order valence-electron chi connectivity index (χ3n) is 4.84. The highest BCUT2D eigenvalue weighted by atomic mass is 35.5. The molecule has 1 fully saturated rings. The number of hydrogen-bond acceptors (Lipinski definition) is 6. The Balaban J connectivity index is 1.75. The fourth-order valence-corrected chi connectivity index (χ4v) is 4.88. The Kier molecular flexibility index (Phi) is 5.59. The zero-order chi connectivity index (χ0) is 21.3. The zero-order valence-corrected chi connectivity index (χ0v) is 17.7. The lowest BCUT2D eigenvalue weighted by atomic mass is 10.1. The first-order valence-corrected chi connectivity index (χ1v) is 11.1. The number of sulfonamides is 1. The molecule has 1 saturated heterocycles. The molecule has 4 rings (SSSR count). The van der Waals surface area contributed by atoms with E-state index in [0.29, 0.717) is 30.8 Å². The van der Waals surface area contributed by atoms with Gasteiger partial charge >= 0.3 is 0 Å². The minimum Gasteiger partial charge on any atom is -0.377 e. The SMILES string of the molecule is C[C@@H]1COCCN1C(=O)c1ccc(Cl)cc1S(=O)(=O)Nc1cccc2nccnc12. The average Bonchev–Trinajstić information content (AvgIpc) is 2.74. The van der Waals surface area contributed by atoms with Crippen LogP contribution in [-0.2, 0) is 14.8 Å². The molecule has 0 bridgehead atoms. The van der Waals surface area contributed by atoms with Crippen molar-refractivity contribution in [2.75, 3.05) is 24.5 Å². The number of rotatable bonds is 4. The summed E-state index contributed by atoms with van der Waals surface area (Å²) in [4.78, 5) is 23.0. The van der Waals surface area contributed by atoms with Gasteiger partial charge in [-0.05, 0) is 37.3 Å². The van der Waals surface area contributed by atoms with Crippen LogP contribution in [0, 0.1) is 0 Å². The second kappa shape index (κ2) is 8.17. The van der Waals surface area contributed by atoms with Crippen molar-refractivity contribution < 1.29 is 17.9 Å². The van der Waals surface area contributed by atoms with E-state index in [1.54, 1.807) is 23.1 Å². The quantitative estimate of drug-likeness (QED) is 0.661. The first-order chi connectivity index (χ1) is 14.4. The highest BCUT2D eigenvalue weighted by molar-refractivity contribution is 7.92. The summed E-state index contributed by atoms with van der Waals surface area (Å²) in [5.41, 5.74) is 1.26. The molecule has 1 amide bonds. The molecule has 1 N–H and O–H groups in total. The van der Waals surface area contributed by atoms with E-state index in [2.05, 4.69) is 14.7 Å². The summed E-state index contributed by atoms with van der Waals surface area (Å²) in [7, 11) is -4.14. The van der Waals surface area contributed by atoms with Crippen molar-refractivity contribution in [1.82, 2.24) is 14.9 Å². The number of halogens is 1. The maximum Gasteiger partial charge on any atom is 0.262 e. The fourth-order valence-electron chi connectivity index (χ4n) is 3.35. The normalized spacial score (nSPS) is 17.1. The lowest BCUT2D eigenvalue weighted by Gasteiger charge is -2.33. The molecular formula is C20H19ClN4O4S. The summed E-state index contributed by atoms with van der Waals surface area (Å²) >= 11 is 6.08. The van der Waals surface area contributed by atoms with Crippen molar-refractivity contribution in [3.8, 4) is 0 Å². The Bertz CT molecular complexity index is 1210. The summed E-state index contributed by atoms with van der Waals surface area (Å²) in [5.74, 6) is -0.388. The lowest BCUT2D eigenvalue weighted by Crippen LogP contribution is -2.47. The first-order valence-electron chi connectivity index (χ1n) is 9.27. The van der Waals surface area contributed by atoms with Crippen LogP contribution in [0.2, 0.25) is 5.02 Å². The van der Waals surface area contributed by atoms with Crippen LogP contribution in [0.4, 0.5) is 5.69 Å². The molecule has 0 aliphatic carbocycles. The molecule has 1 aliphatic rings. The van der Waals surface area contributed by atoms with Gasteiger partial charge in [-0.15, -0.1) is 0 Å². The predicted octanol–water partition coefficient (Wildman–Crippen LogP) is 2.94. The lowest BCUT2D eigenvalue weighted by molar-refractivity contribution is 0.00339. The highest BCUT2D eigenvalue weighted by Gasteiger charge is 2.30. The third-order valence-corrected chi connectivity index (χ3v) is 6.48. The highest BCUT2D eigenvalue weighted by Crippen LogP contribution is 2.27. The number of nitrogens with one attached hydrogen (secondary N) is 1. The van der Waals surface area contributed by atoms with Gasteiger partial charge in [0.1, 0.15) is 10.4 Å². The second-order valence-corrected chi connectivity index (χ2v) is 8.99. The summed E-state index contributed by atoms with van der Waals surface area (Å²) in [6.45, 7) is 3.04. The van der Waals surface area contributed by atoms with Crippen LogP contribution < -0.4 is 4.72 Å². The van der Waals surface area contributed by atoms with Crippen molar-refractivity contribution >= 4 is 44.3 Å². The first kappa shape index (κ1) is 20.5. The standard InChI is InChI=1S/C20H19ClN4O4S/c1-13-12-29-10-9-25(13)20(26)15-6-5-14(21)11-18(15)30(27,28)24-17-4-2-3-16-19(17)23-8-7-22-16/h2-8,11,13,24H,9-10,12H2,1H3/t13-/m1/s1.